The molecule has 0 fully saturated rings. The molecule has 17 heavy (non-hydrogen) atoms. The van der Waals surface area contributed by atoms with Gasteiger partial charge in [-0.3, -0.25) is 4.79 Å². The second kappa shape index (κ2) is 6.74. The Labute approximate surface area is 102 Å². The van der Waals surface area contributed by atoms with Crippen molar-refractivity contribution in [1.29, 1.82) is 0 Å². The first kappa shape index (κ1) is 13.3. The molecule has 0 saturated carbocycles. The van der Waals surface area contributed by atoms with Gasteiger partial charge in [-0.2, -0.15) is 0 Å². The minimum Gasteiger partial charge on any atom is -0.504 e. The number of hydrogen-bond donors (Lipinski definition) is 1. The minimum absolute atomic E-state index is 0.00662. The molecule has 0 atom stereocenters. The van der Waals surface area contributed by atoms with Gasteiger partial charge in [-0.05, 0) is 19.4 Å². The summed E-state index contributed by atoms with van der Waals surface area (Å²) in [6.45, 7) is 3.89. The molecule has 1 aromatic rings. The molecule has 1 amide bonds. The van der Waals surface area contributed by atoms with E-state index in [9.17, 15) is 4.79 Å². The van der Waals surface area contributed by atoms with Crippen LogP contribution in [0.5, 0.6) is 0 Å². The molecule has 1 N–H and O–H groups in total. The summed E-state index contributed by atoms with van der Waals surface area (Å²) in [5, 5.41) is 2.87. The molecule has 0 bridgehead atoms. The third kappa shape index (κ3) is 4.72. The second-order valence-electron chi connectivity index (χ2n) is 4.14. The fraction of sp³-hybridized carbons (Fsp3) is 0.357. The summed E-state index contributed by atoms with van der Waals surface area (Å²) >= 11 is 0. The van der Waals surface area contributed by atoms with Crippen molar-refractivity contribution in [1.82, 2.24) is 5.32 Å². The number of rotatable bonds is 5. The van der Waals surface area contributed by atoms with Gasteiger partial charge < -0.3 is 10.1 Å². The van der Waals surface area contributed by atoms with Crippen LogP contribution in [0.3, 0.4) is 0 Å². The fourth-order valence-electron chi connectivity index (χ4n) is 1.55. The molecule has 0 spiro atoms. The van der Waals surface area contributed by atoms with Crippen LogP contribution < -0.4 is 5.32 Å². The summed E-state index contributed by atoms with van der Waals surface area (Å²) in [5.74, 6) is 0.00662. The molecule has 0 unspecified atom stereocenters. The highest BCUT2D eigenvalue weighted by Gasteiger charge is 2.09. The van der Waals surface area contributed by atoms with Crippen molar-refractivity contribution in [3.63, 3.8) is 0 Å². The highest BCUT2D eigenvalue weighted by molar-refractivity contribution is 5.88. The van der Waals surface area contributed by atoms with E-state index in [0.29, 0.717) is 6.42 Å². The minimum atomic E-state index is 0.00662. The lowest BCUT2D eigenvalue weighted by molar-refractivity contribution is -0.120. The number of carbonyl (C=O) groups excluding carboxylic acids is 1. The number of ether oxygens (including phenoxy) is 1. The van der Waals surface area contributed by atoms with Crippen molar-refractivity contribution in [2.75, 3.05) is 7.11 Å². The topological polar surface area (TPSA) is 38.3 Å². The van der Waals surface area contributed by atoms with Gasteiger partial charge in [-0.25, -0.2) is 0 Å². The Bertz CT molecular complexity index is 382. The molecule has 0 aliphatic rings. The van der Waals surface area contributed by atoms with Crippen LogP contribution in [0.15, 0.2) is 36.6 Å². The second-order valence-corrected chi connectivity index (χ2v) is 4.14. The molecule has 3 nitrogen and oxygen atoms in total. The largest absolute Gasteiger partial charge is 0.504 e. The molecule has 92 valence electrons. The number of amides is 1. The Morgan fingerprint density at radius 3 is 2.53 bits per heavy atom. The van der Waals surface area contributed by atoms with Gasteiger partial charge in [0, 0.05) is 11.6 Å². The van der Waals surface area contributed by atoms with Crippen LogP contribution in [0.4, 0.5) is 0 Å². The zero-order chi connectivity index (χ0) is 12.7. The number of benzene rings is 1. The van der Waals surface area contributed by atoms with Crippen molar-refractivity contribution >= 4 is 11.5 Å². The molecular formula is C14H19NO2. The lowest BCUT2D eigenvalue weighted by atomic mass is 10.0. The smallest absolute Gasteiger partial charge is 0.224 e. The van der Waals surface area contributed by atoms with E-state index in [1.165, 1.54) is 0 Å². The fourth-order valence-corrected chi connectivity index (χ4v) is 1.55. The van der Waals surface area contributed by atoms with E-state index in [1.807, 2.05) is 44.2 Å². The first-order chi connectivity index (χ1) is 8.13. The van der Waals surface area contributed by atoms with Gasteiger partial charge in [0.25, 0.3) is 0 Å². The van der Waals surface area contributed by atoms with E-state index < -0.39 is 0 Å². The zero-order valence-electron chi connectivity index (χ0n) is 10.6. The molecule has 0 saturated heterocycles. The molecule has 0 radical (unpaired) electrons. The first-order valence-corrected chi connectivity index (χ1v) is 5.70. The van der Waals surface area contributed by atoms with Gasteiger partial charge in [0.2, 0.25) is 5.91 Å². The Morgan fingerprint density at radius 1 is 1.35 bits per heavy atom. The predicted molar refractivity (Wildman–Crippen MR) is 69.3 cm³/mol. The van der Waals surface area contributed by atoms with Crippen LogP contribution in [0.25, 0.3) is 5.57 Å². The Balaban J connectivity index is 2.75. The SMILES string of the molecule is CO/C=C(\CC(=O)NC(C)C)c1ccccc1. The summed E-state index contributed by atoms with van der Waals surface area (Å²) in [6, 6.07) is 9.92. The first-order valence-electron chi connectivity index (χ1n) is 5.70. The highest BCUT2D eigenvalue weighted by Crippen LogP contribution is 2.17. The van der Waals surface area contributed by atoms with Crippen LogP contribution in [-0.2, 0) is 9.53 Å². The third-order valence-electron chi connectivity index (χ3n) is 2.21. The summed E-state index contributed by atoms with van der Waals surface area (Å²) in [5.41, 5.74) is 1.89. The van der Waals surface area contributed by atoms with E-state index in [-0.39, 0.29) is 11.9 Å². The average Bonchev–Trinajstić information content (AvgIpc) is 2.28. The third-order valence-corrected chi connectivity index (χ3v) is 2.21. The Morgan fingerprint density at radius 2 is 2.00 bits per heavy atom. The molecular weight excluding hydrogens is 214 g/mol. The van der Waals surface area contributed by atoms with Crippen molar-refractivity contribution < 1.29 is 9.53 Å². The molecule has 1 aromatic carbocycles. The van der Waals surface area contributed by atoms with Crippen LogP contribution in [0.1, 0.15) is 25.8 Å². The maximum Gasteiger partial charge on any atom is 0.224 e. The lowest BCUT2D eigenvalue weighted by Gasteiger charge is -2.10. The number of carbonyl (C=O) groups is 1. The van der Waals surface area contributed by atoms with Gasteiger partial charge in [-0.15, -0.1) is 0 Å². The van der Waals surface area contributed by atoms with Crippen LogP contribution in [0, 0.1) is 0 Å². The van der Waals surface area contributed by atoms with Gasteiger partial charge in [0.1, 0.15) is 0 Å². The van der Waals surface area contributed by atoms with Crippen molar-refractivity contribution in [2.45, 2.75) is 26.3 Å². The predicted octanol–water partition coefficient (Wildman–Crippen LogP) is 2.59. The van der Waals surface area contributed by atoms with Gasteiger partial charge >= 0.3 is 0 Å². The molecule has 0 aromatic heterocycles. The number of nitrogens with one attached hydrogen (secondary N) is 1. The molecule has 1 rings (SSSR count). The van der Waals surface area contributed by atoms with Gasteiger partial charge in [0.05, 0.1) is 19.8 Å². The van der Waals surface area contributed by atoms with E-state index >= 15 is 0 Å². The molecule has 0 aliphatic heterocycles. The molecule has 3 heteroatoms. The Hall–Kier alpha value is -1.77. The van der Waals surface area contributed by atoms with Crippen molar-refractivity contribution in [2.24, 2.45) is 0 Å². The monoisotopic (exact) mass is 233 g/mol. The number of hydrogen-bond acceptors (Lipinski definition) is 2. The van der Waals surface area contributed by atoms with E-state index in [4.69, 9.17) is 4.74 Å². The maximum absolute atomic E-state index is 11.7. The quantitative estimate of drug-likeness (QED) is 0.794. The summed E-state index contributed by atoms with van der Waals surface area (Å²) in [6.07, 6.45) is 1.95. The van der Waals surface area contributed by atoms with E-state index in [1.54, 1.807) is 13.4 Å². The average molecular weight is 233 g/mol. The Kier molecular flexibility index (Phi) is 5.27. The maximum atomic E-state index is 11.7. The number of methoxy groups -OCH3 is 1. The van der Waals surface area contributed by atoms with Crippen molar-refractivity contribution in [3.8, 4) is 0 Å². The van der Waals surface area contributed by atoms with Crippen molar-refractivity contribution in [3.05, 3.63) is 42.2 Å². The van der Waals surface area contributed by atoms with Crippen LogP contribution in [-0.4, -0.2) is 19.1 Å². The summed E-state index contributed by atoms with van der Waals surface area (Å²) < 4.78 is 5.02. The highest BCUT2D eigenvalue weighted by atomic mass is 16.5. The molecule has 0 aliphatic carbocycles. The summed E-state index contributed by atoms with van der Waals surface area (Å²) in [4.78, 5) is 11.7. The van der Waals surface area contributed by atoms with E-state index in [2.05, 4.69) is 5.32 Å². The molecule has 0 heterocycles. The summed E-state index contributed by atoms with van der Waals surface area (Å²) in [7, 11) is 1.59. The van der Waals surface area contributed by atoms with Crippen LogP contribution >= 0.6 is 0 Å². The van der Waals surface area contributed by atoms with Crippen LogP contribution in [0.2, 0.25) is 0 Å². The lowest BCUT2D eigenvalue weighted by Crippen LogP contribution is -2.30. The normalized spacial score (nSPS) is 11.4. The van der Waals surface area contributed by atoms with Gasteiger partial charge in [-0.1, -0.05) is 30.3 Å². The van der Waals surface area contributed by atoms with E-state index in [0.717, 1.165) is 11.1 Å². The standard InChI is InChI=1S/C14H19NO2/c1-11(2)15-14(16)9-13(10-17-3)12-7-5-4-6-8-12/h4-8,10-11H,9H2,1-3H3,(H,15,16)/b13-10+. The zero-order valence-corrected chi connectivity index (χ0v) is 10.6. The van der Waals surface area contributed by atoms with Gasteiger partial charge in [0.15, 0.2) is 0 Å².